The molecule has 48 heavy (non-hydrogen) atoms. The van der Waals surface area contributed by atoms with E-state index < -0.39 is 35.1 Å². The summed E-state index contributed by atoms with van der Waals surface area (Å²) >= 11 is 1.12. The number of hydrogen-bond donors (Lipinski definition) is 1. The Morgan fingerprint density at radius 2 is 1.54 bits per heavy atom. The fourth-order valence-corrected chi connectivity index (χ4v) is 6.47. The first-order valence-corrected chi connectivity index (χ1v) is 15.2. The molecule has 3 aromatic carbocycles. The standard InChI is InChI=1S/C34H29F5N4O4S/c1-41(16-20-8-5-4-6-9-20)17-24-28-29(44)25(31(45)42(2)47-3)19-43(18-23-26(35)10-7-11-27(23)36)32(28)48-30(24)21-12-14-22(15-13-21)40-33(46)34(37,38)39/h4-15,19H,16-18H2,1-3H3,(H,40,46). The van der Waals surface area contributed by atoms with Crippen LogP contribution in [0.2, 0.25) is 0 Å². The van der Waals surface area contributed by atoms with Crippen LogP contribution in [0.15, 0.2) is 83.8 Å². The van der Waals surface area contributed by atoms with E-state index >= 15 is 0 Å². The maximum atomic E-state index is 14.9. The van der Waals surface area contributed by atoms with Crippen molar-refractivity contribution in [1.82, 2.24) is 14.5 Å². The molecule has 5 rings (SSSR count). The van der Waals surface area contributed by atoms with Crippen LogP contribution >= 0.6 is 11.3 Å². The number of aromatic nitrogens is 1. The zero-order valence-electron chi connectivity index (χ0n) is 25.9. The third-order valence-electron chi connectivity index (χ3n) is 7.57. The third-order valence-corrected chi connectivity index (χ3v) is 8.89. The molecule has 8 nitrogen and oxygen atoms in total. The SMILES string of the molecule is CON(C)C(=O)c1cn(Cc2c(F)cccc2F)c2sc(-c3ccc(NC(=O)C(F)(F)F)cc3)c(CN(C)Cc3ccccc3)c2c1=O. The lowest BCUT2D eigenvalue weighted by molar-refractivity contribution is -0.167. The van der Waals surface area contributed by atoms with E-state index in [0.717, 1.165) is 34.1 Å². The van der Waals surface area contributed by atoms with Crippen molar-refractivity contribution in [3.05, 3.63) is 123 Å². The van der Waals surface area contributed by atoms with Crippen LogP contribution in [0.3, 0.4) is 0 Å². The van der Waals surface area contributed by atoms with Crippen molar-refractivity contribution in [2.24, 2.45) is 0 Å². The van der Waals surface area contributed by atoms with Crippen molar-refractivity contribution in [2.45, 2.75) is 25.8 Å². The van der Waals surface area contributed by atoms with Gasteiger partial charge in [-0.3, -0.25) is 24.1 Å². The molecule has 0 radical (unpaired) electrons. The number of hydroxylamine groups is 2. The molecule has 14 heteroatoms. The molecule has 2 heterocycles. The van der Waals surface area contributed by atoms with Crippen LogP contribution < -0.4 is 10.7 Å². The number of rotatable bonds is 10. The molecule has 2 amide bonds. The summed E-state index contributed by atoms with van der Waals surface area (Å²) in [7, 11) is 4.40. The summed E-state index contributed by atoms with van der Waals surface area (Å²) in [5, 5.41) is 2.80. The molecule has 0 unspecified atom stereocenters. The number of nitrogens with zero attached hydrogens (tertiary/aromatic N) is 3. The van der Waals surface area contributed by atoms with E-state index in [1.54, 1.807) is 5.32 Å². The molecule has 1 N–H and O–H groups in total. The van der Waals surface area contributed by atoms with Gasteiger partial charge in [-0.2, -0.15) is 13.2 Å². The van der Waals surface area contributed by atoms with Gasteiger partial charge in [0, 0.05) is 42.5 Å². The maximum Gasteiger partial charge on any atom is 0.471 e. The van der Waals surface area contributed by atoms with Crippen LogP contribution in [0.5, 0.6) is 0 Å². The van der Waals surface area contributed by atoms with Crippen molar-refractivity contribution in [1.29, 1.82) is 0 Å². The van der Waals surface area contributed by atoms with Gasteiger partial charge in [-0.25, -0.2) is 13.8 Å². The summed E-state index contributed by atoms with van der Waals surface area (Å²) in [6, 6.07) is 18.5. The van der Waals surface area contributed by atoms with Crippen LogP contribution in [0.4, 0.5) is 27.6 Å². The lowest BCUT2D eigenvalue weighted by Gasteiger charge is -2.19. The summed E-state index contributed by atoms with van der Waals surface area (Å²) in [6.07, 6.45) is -3.84. The number of halogens is 5. The van der Waals surface area contributed by atoms with Crippen LogP contribution in [0.1, 0.15) is 27.0 Å². The molecule has 0 bridgehead atoms. The van der Waals surface area contributed by atoms with Gasteiger partial charge in [0.25, 0.3) is 5.91 Å². The molecule has 0 aliphatic heterocycles. The Morgan fingerprint density at radius 3 is 2.15 bits per heavy atom. The Labute approximate surface area is 275 Å². The second-order valence-electron chi connectivity index (χ2n) is 11.0. The summed E-state index contributed by atoms with van der Waals surface area (Å²) in [5.41, 5.74) is 0.639. The summed E-state index contributed by atoms with van der Waals surface area (Å²) < 4.78 is 69.7. The van der Waals surface area contributed by atoms with E-state index in [1.165, 1.54) is 55.3 Å². The van der Waals surface area contributed by atoms with Gasteiger partial charge in [0.2, 0.25) is 5.43 Å². The monoisotopic (exact) mass is 684 g/mol. The lowest BCUT2D eigenvalue weighted by Crippen LogP contribution is -2.31. The zero-order chi connectivity index (χ0) is 34.7. The van der Waals surface area contributed by atoms with Crippen LogP contribution in [0, 0.1) is 11.6 Å². The maximum absolute atomic E-state index is 14.9. The summed E-state index contributed by atoms with van der Waals surface area (Å²) in [5.74, 6) is -4.55. The predicted molar refractivity (Wildman–Crippen MR) is 172 cm³/mol. The molecule has 0 saturated heterocycles. The van der Waals surface area contributed by atoms with Gasteiger partial charge in [0.15, 0.2) is 0 Å². The number of anilines is 1. The Hall–Kier alpha value is -4.92. The highest BCUT2D eigenvalue weighted by molar-refractivity contribution is 7.22. The molecule has 0 aliphatic rings. The van der Waals surface area contributed by atoms with E-state index in [9.17, 15) is 36.3 Å². The van der Waals surface area contributed by atoms with Crippen LogP contribution in [0.25, 0.3) is 20.7 Å². The van der Waals surface area contributed by atoms with Crippen molar-refractivity contribution < 1.29 is 36.4 Å². The molecular formula is C34H29F5N4O4S. The van der Waals surface area contributed by atoms with E-state index in [0.29, 0.717) is 27.4 Å². The highest BCUT2D eigenvalue weighted by Gasteiger charge is 2.38. The predicted octanol–water partition coefficient (Wildman–Crippen LogP) is 6.82. The molecule has 0 fully saturated rings. The Balaban J connectivity index is 1.72. The molecule has 0 aliphatic carbocycles. The van der Waals surface area contributed by atoms with Crippen LogP contribution in [-0.4, -0.2) is 53.7 Å². The third kappa shape index (κ3) is 7.30. The number of thiophene rings is 1. The van der Waals surface area contributed by atoms with Gasteiger partial charge >= 0.3 is 12.1 Å². The van der Waals surface area contributed by atoms with E-state index in [1.807, 2.05) is 42.3 Å². The minimum atomic E-state index is -5.08. The molecule has 0 saturated carbocycles. The molecule has 250 valence electrons. The van der Waals surface area contributed by atoms with Crippen molar-refractivity contribution in [3.63, 3.8) is 0 Å². The zero-order valence-corrected chi connectivity index (χ0v) is 26.7. The van der Waals surface area contributed by atoms with Gasteiger partial charge < -0.3 is 9.88 Å². The second-order valence-corrected chi connectivity index (χ2v) is 12.0. The first-order chi connectivity index (χ1) is 22.8. The number of carbonyl (C=O) groups excluding carboxylic acids is 2. The molecule has 2 aromatic heterocycles. The number of alkyl halides is 3. The largest absolute Gasteiger partial charge is 0.471 e. The number of hydrogen-bond acceptors (Lipinski definition) is 6. The first kappa shape index (κ1) is 34.4. The van der Waals surface area contributed by atoms with E-state index in [2.05, 4.69) is 0 Å². The van der Waals surface area contributed by atoms with Gasteiger partial charge in [0.1, 0.15) is 22.0 Å². The Kier molecular flexibility index (Phi) is 10.1. The molecule has 5 aromatic rings. The van der Waals surface area contributed by atoms with Crippen LogP contribution in [-0.2, 0) is 29.3 Å². The fourth-order valence-electron chi connectivity index (χ4n) is 5.18. The van der Waals surface area contributed by atoms with Crippen molar-refractivity contribution >= 4 is 39.1 Å². The molecule has 0 atom stereocenters. The van der Waals surface area contributed by atoms with E-state index in [4.69, 9.17) is 4.84 Å². The first-order valence-electron chi connectivity index (χ1n) is 14.4. The average Bonchev–Trinajstić information content (AvgIpc) is 3.43. The summed E-state index contributed by atoms with van der Waals surface area (Å²) in [6.45, 7) is 0.283. The molecular weight excluding hydrogens is 655 g/mol. The van der Waals surface area contributed by atoms with Crippen molar-refractivity contribution in [2.75, 3.05) is 26.5 Å². The Bertz CT molecular complexity index is 2010. The molecule has 0 spiro atoms. The number of benzene rings is 3. The normalized spacial score (nSPS) is 11.7. The van der Waals surface area contributed by atoms with Gasteiger partial charge in [-0.15, -0.1) is 11.3 Å². The van der Waals surface area contributed by atoms with Gasteiger partial charge in [-0.05, 0) is 48.0 Å². The second kappa shape index (κ2) is 14.1. The highest BCUT2D eigenvalue weighted by Crippen LogP contribution is 2.39. The smallest absolute Gasteiger partial charge is 0.334 e. The number of fused-ring (bicyclic) bond motifs is 1. The number of carbonyl (C=O) groups is 2. The topological polar surface area (TPSA) is 83.9 Å². The summed E-state index contributed by atoms with van der Waals surface area (Å²) in [4.78, 5) is 46.8. The minimum absolute atomic E-state index is 0.102. The quantitative estimate of drug-likeness (QED) is 0.129. The number of amides is 2. The number of nitrogens with one attached hydrogen (secondary N) is 1. The average molecular weight is 685 g/mol. The van der Waals surface area contributed by atoms with Crippen molar-refractivity contribution in [3.8, 4) is 10.4 Å². The highest BCUT2D eigenvalue weighted by atomic mass is 32.1. The Morgan fingerprint density at radius 1 is 0.896 bits per heavy atom. The lowest BCUT2D eigenvalue weighted by atomic mass is 10.0. The van der Waals surface area contributed by atoms with E-state index in [-0.39, 0.29) is 35.3 Å². The van der Waals surface area contributed by atoms with Gasteiger partial charge in [0.05, 0.1) is 19.0 Å². The van der Waals surface area contributed by atoms with Gasteiger partial charge in [-0.1, -0.05) is 48.5 Å². The fraction of sp³-hybridized carbons (Fsp3) is 0.206. The minimum Gasteiger partial charge on any atom is -0.334 e. The number of pyridine rings is 1.